The number of aliphatic imine (C=N–C) groups is 1. The molecule has 5 heteroatoms. The maximum absolute atomic E-state index is 12.1. The number of amides is 1. The summed E-state index contributed by atoms with van der Waals surface area (Å²) in [4.78, 5) is 39.5. The van der Waals surface area contributed by atoms with Gasteiger partial charge in [0.1, 0.15) is 17.5 Å². The number of carbonyl (C=O) groups is 3. The van der Waals surface area contributed by atoms with Crippen LogP contribution in [0, 0.1) is 11.3 Å². The van der Waals surface area contributed by atoms with Gasteiger partial charge in [-0.2, -0.15) is 0 Å². The molecule has 2 N–H and O–H groups in total. The van der Waals surface area contributed by atoms with Crippen LogP contribution in [0.3, 0.4) is 0 Å². The number of rotatable bonds is 3. The lowest BCUT2D eigenvalue weighted by Crippen LogP contribution is -2.38. The zero-order valence-electron chi connectivity index (χ0n) is 12.1. The molecule has 0 heterocycles. The van der Waals surface area contributed by atoms with Gasteiger partial charge in [-0.1, -0.05) is 26.0 Å². The molecule has 0 unspecified atom stereocenters. The average Bonchev–Trinajstić information content (AvgIpc) is 2.36. The van der Waals surface area contributed by atoms with Crippen molar-refractivity contribution >= 4 is 29.4 Å². The molecule has 1 aliphatic carbocycles. The Kier molecular flexibility index (Phi) is 4.02. The number of ketones is 2. The molecule has 2 rings (SSSR count). The van der Waals surface area contributed by atoms with Crippen LogP contribution in [0.15, 0.2) is 29.3 Å². The van der Waals surface area contributed by atoms with Crippen molar-refractivity contribution in [1.29, 1.82) is 0 Å². The summed E-state index contributed by atoms with van der Waals surface area (Å²) >= 11 is 0. The molecule has 1 aromatic rings. The fourth-order valence-corrected chi connectivity index (χ4v) is 2.52. The number of para-hydroxylation sites is 1. The molecule has 0 radical (unpaired) electrons. The lowest BCUT2D eigenvalue weighted by Gasteiger charge is -2.30. The van der Waals surface area contributed by atoms with E-state index in [2.05, 4.69) is 4.99 Å². The third-order valence-corrected chi connectivity index (χ3v) is 3.53. The van der Waals surface area contributed by atoms with E-state index in [0.717, 1.165) is 0 Å². The minimum atomic E-state index is -0.820. The van der Waals surface area contributed by atoms with E-state index in [1.807, 2.05) is 13.8 Å². The largest absolute Gasteiger partial charge is 0.366 e. The first-order valence-corrected chi connectivity index (χ1v) is 6.79. The second kappa shape index (κ2) is 5.60. The van der Waals surface area contributed by atoms with E-state index in [1.54, 1.807) is 24.3 Å². The summed E-state index contributed by atoms with van der Waals surface area (Å²) in [5.41, 5.74) is 5.62. The van der Waals surface area contributed by atoms with Crippen LogP contribution in [-0.2, 0) is 9.59 Å². The highest BCUT2D eigenvalue weighted by atomic mass is 16.2. The van der Waals surface area contributed by atoms with Gasteiger partial charge >= 0.3 is 0 Å². The number of carbonyl (C=O) groups excluding carboxylic acids is 3. The van der Waals surface area contributed by atoms with Crippen LogP contribution in [-0.4, -0.2) is 23.7 Å². The minimum Gasteiger partial charge on any atom is -0.366 e. The van der Waals surface area contributed by atoms with Crippen molar-refractivity contribution in [2.75, 3.05) is 0 Å². The number of hydrogen-bond donors (Lipinski definition) is 1. The summed E-state index contributed by atoms with van der Waals surface area (Å²) in [7, 11) is 0. The molecule has 21 heavy (non-hydrogen) atoms. The molecule has 1 aromatic carbocycles. The van der Waals surface area contributed by atoms with Gasteiger partial charge in [0, 0.05) is 19.1 Å². The van der Waals surface area contributed by atoms with Crippen molar-refractivity contribution in [2.24, 2.45) is 22.1 Å². The Morgan fingerprint density at radius 2 is 1.81 bits per heavy atom. The smallest absolute Gasteiger partial charge is 0.250 e. The summed E-state index contributed by atoms with van der Waals surface area (Å²) < 4.78 is 0. The molecule has 5 nitrogen and oxygen atoms in total. The van der Waals surface area contributed by atoms with Gasteiger partial charge in [-0.15, -0.1) is 0 Å². The number of nitrogens with two attached hydrogens (primary N) is 1. The van der Waals surface area contributed by atoms with Crippen LogP contribution in [0.25, 0.3) is 0 Å². The maximum Gasteiger partial charge on any atom is 0.250 e. The van der Waals surface area contributed by atoms with Crippen molar-refractivity contribution in [3.8, 4) is 0 Å². The Bertz CT molecular complexity index is 612. The van der Waals surface area contributed by atoms with E-state index < -0.39 is 11.8 Å². The first-order valence-electron chi connectivity index (χ1n) is 6.79. The number of nitrogens with zero attached hydrogens (tertiary/aromatic N) is 1. The summed E-state index contributed by atoms with van der Waals surface area (Å²) in [6.07, 6.45) is 2.04. The monoisotopic (exact) mass is 286 g/mol. The fraction of sp³-hybridized carbons (Fsp3) is 0.375. The summed E-state index contributed by atoms with van der Waals surface area (Å²) in [6.45, 7) is 3.80. The van der Waals surface area contributed by atoms with Crippen LogP contribution < -0.4 is 5.73 Å². The van der Waals surface area contributed by atoms with Gasteiger partial charge in [0.05, 0.1) is 11.3 Å². The zero-order chi connectivity index (χ0) is 15.6. The van der Waals surface area contributed by atoms with E-state index >= 15 is 0 Å². The van der Waals surface area contributed by atoms with Gasteiger partial charge in [-0.3, -0.25) is 19.4 Å². The Morgan fingerprint density at radius 3 is 2.38 bits per heavy atom. The van der Waals surface area contributed by atoms with Crippen LogP contribution in [0.1, 0.15) is 37.0 Å². The number of benzene rings is 1. The van der Waals surface area contributed by atoms with Gasteiger partial charge in [0.25, 0.3) is 5.91 Å². The molecule has 0 aliphatic heterocycles. The third-order valence-electron chi connectivity index (χ3n) is 3.53. The lowest BCUT2D eigenvalue weighted by atomic mass is 9.72. The first-order chi connectivity index (χ1) is 9.80. The van der Waals surface area contributed by atoms with E-state index in [9.17, 15) is 14.4 Å². The van der Waals surface area contributed by atoms with Crippen LogP contribution in [0.5, 0.6) is 0 Å². The molecule has 0 spiro atoms. The fourth-order valence-electron chi connectivity index (χ4n) is 2.52. The molecule has 110 valence electrons. The number of hydrogen-bond acceptors (Lipinski definition) is 4. The number of Topliss-reactive ketones (excluding diaryl/α,β-unsaturated/α-hetero) is 2. The van der Waals surface area contributed by atoms with Gasteiger partial charge in [0.15, 0.2) is 0 Å². The molecule has 1 aliphatic rings. The van der Waals surface area contributed by atoms with E-state index in [0.29, 0.717) is 18.5 Å². The van der Waals surface area contributed by atoms with Gasteiger partial charge < -0.3 is 5.73 Å². The standard InChI is InChI=1S/C16H18N2O3/c1-16(2)7-13(19)11(14(20)8-16)9-18-12-6-4-3-5-10(12)15(17)21/h3-6,9,11H,7-8H2,1-2H3,(H2,17,21). The van der Waals surface area contributed by atoms with Crippen LogP contribution in [0.2, 0.25) is 0 Å². The SMILES string of the molecule is CC1(C)CC(=O)C(C=Nc2ccccc2C(N)=O)C(=O)C1. The van der Waals surface area contributed by atoms with E-state index in [-0.39, 0.29) is 22.5 Å². The molecule has 0 aromatic heterocycles. The van der Waals surface area contributed by atoms with Gasteiger partial charge in [-0.25, -0.2) is 0 Å². The highest BCUT2D eigenvalue weighted by Crippen LogP contribution is 2.33. The Morgan fingerprint density at radius 1 is 1.24 bits per heavy atom. The Balaban J connectivity index is 2.24. The predicted molar refractivity (Wildman–Crippen MR) is 79.6 cm³/mol. The normalized spacial score (nSPS) is 19.1. The quantitative estimate of drug-likeness (QED) is 0.681. The van der Waals surface area contributed by atoms with Crippen molar-refractivity contribution in [2.45, 2.75) is 26.7 Å². The second-order valence-electron chi connectivity index (χ2n) is 6.09. The van der Waals surface area contributed by atoms with E-state index in [1.165, 1.54) is 6.21 Å². The highest BCUT2D eigenvalue weighted by molar-refractivity contribution is 6.16. The van der Waals surface area contributed by atoms with E-state index in [4.69, 9.17) is 5.73 Å². The van der Waals surface area contributed by atoms with Gasteiger partial charge in [-0.05, 0) is 17.5 Å². The molecule has 0 atom stereocenters. The first kappa shape index (κ1) is 15.1. The van der Waals surface area contributed by atoms with Crippen molar-refractivity contribution in [3.63, 3.8) is 0 Å². The van der Waals surface area contributed by atoms with Crippen molar-refractivity contribution in [1.82, 2.24) is 0 Å². The Hall–Kier alpha value is -2.30. The molecular formula is C16H18N2O3. The van der Waals surface area contributed by atoms with Gasteiger partial charge in [0.2, 0.25) is 0 Å². The maximum atomic E-state index is 12.1. The molecule has 1 amide bonds. The molecular weight excluding hydrogens is 268 g/mol. The zero-order valence-corrected chi connectivity index (χ0v) is 12.1. The van der Waals surface area contributed by atoms with Crippen molar-refractivity contribution < 1.29 is 14.4 Å². The molecule has 1 fully saturated rings. The molecule has 0 bridgehead atoms. The molecule has 0 saturated heterocycles. The minimum absolute atomic E-state index is 0.128. The number of primary amides is 1. The van der Waals surface area contributed by atoms with Crippen LogP contribution in [0.4, 0.5) is 5.69 Å². The van der Waals surface area contributed by atoms with Crippen molar-refractivity contribution in [3.05, 3.63) is 29.8 Å². The van der Waals surface area contributed by atoms with Crippen LogP contribution >= 0.6 is 0 Å². The summed E-state index contributed by atoms with van der Waals surface area (Å²) in [6, 6.07) is 6.58. The highest BCUT2D eigenvalue weighted by Gasteiger charge is 2.38. The Labute approximate surface area is 123 Å². The summed E-state index contributed by atoms with van der Waals surface area (Å²) in [5.74, 6) is -1.67. The second-order valence-corrected chi connectivity index (χ2v) is 6.09. The topological polar surface area (TPSA) is 89.6 Å². The molecule has 1 saturated carbocycles. The third kappa shape index (κ3) is 3.42. The summed E-state index contributed by atoms with van der Waals surface area (Å²) in [5, 5.41) is 0. The average molecular weight is 286 g/mol. The lowest BCUT2D eigenvalue weighted by molar-refractivity contribution is -0.136. The predicted octanol–water partition coefficient (Wildman–Crippen LogP) is 2.06.